The number of carbonyl (C=O) groups is 1. The van der Waals surface area contributed by atoms with Gasteiger partial charge in [0.15, 0.2) is 0 Å². The number of hydrogen-bond acceptors (Lipinski definition) is 3. The molecule has 2 rings (SSSR count). The van der Waals surface area contributed by atoms with Gasteiger partial charge in [-0.3, -0.25) is 4.79 Å². The molecule has 0 spiro atoms. The van der Waals surface area contributed by atoms with Crippen molar-refractivity contribution in [2.24, 2.45) is 5.92 Å². The summed E-state index contributed by atoms with van der Waals surface area (Å²) in [5.41, 5.74) is 7.47. The minimum absolute atomic E-state index is 0.0479. The zero-order chi connectivity index (χ0) is 13.1. The molecule has 3 N–H and O–H groups in total. The van der Waals surface area contributed by atoms with Crippen LogP contribution in [-0.4, -0.2) is 26.0 Å². The first kappa shape index (κ1) is 13.2. The molecular formula is C13H18BrN3O. The Bertz CT molecular complexity index is 446. The third kappa shape index (κ3) is 3.63. The van der Waals surface area contributed by atoms with E-state index in [1.165, 1.54) is 12.8 Å². The maximum atomic E-state index is 11.7. The summed E-state index contributed by atoms with van der Waals surface area (Å²) in [6.45, 7) is 1.14. The number of hydrogen-bond donors (Lipinski definition) is 2. The number of nitrogens with one attached hydrogen (secondary N) is 1. The highest BCUT2D eigenvalue weighted by Gasteiger charge is 2.21. The molecule has 0 heterocycles. The molecule has 98 valence electrons. The van der Waals surface area contributed by atoms with E-state index in [0.29, 0.717) is 18.2 Å². The number of benzene rings is 1. The van der Waals surface area contributed by atoms with Crippen LogP contribution in [-0.2, 0) is 4.79 Å². The van der Waals surface area contributed by atoms with Gasteiger partial charge in [-0.15, -0.1) is 0 Å². The number of rotatable bonds is 5. The molecule has 0 radical (unpaired) electrons. The highest BCUT2D eigenvalue weighted by atomic mass is 79.9. The maximum Gasteiger partial charge on any atom is 0.239 e. The maximum absolute atomic E-state index is 11.7. The van der Waals surface area contributed by atoms with Gasteiger partial charge in [-0.2, -0.15) is 0 Å². The average molecular weight is 312 g/mol. The second kappa shape index (κ2) is 5.61. The van der Waals surface area contributed by atoms with Gasteiger partial charge in [0, 0.05) is 18.1 Å². The second-order valence-corrected chi connectivity index (χ2v) is 5.72. The van der Waals surface area contributed by atoms with E-state index in [2.05, 4.69) is 21.2 Å². The number of nitrogens with zero attached hydrogens (tertiary/aromatic N) is 1. The van der Waals surface area contributed by atoms with E-state index < -0.39 is 0 Å². The predicted octanol–water partition coefficient (Wildman–Crippen LogP) is 1.99. The van der Waals surface area contributed by atoms with E-state index in [4.69, 9.17) is 5.73 Å². The molecule has 1 saturated carbocycles. The summed E-state index contributed by atoms with van der Waals surface area (Å²) < 4.78 is 0.940. The Labute approximate surface area is 116 Å². The van der Waals surface area contributed by atoms with Crippen LogP contribution in [0, 0.1) is 5.92 Å². The van der Waals surface area contributed by atoms with E-state index in [-0.39, 0.29) is 5.91 Å². The Morgan fingerprint density at radius 1 is 1.56 bits per heavy atom. The highest BCUT2D eigenvalue weighted by molar-refractivity contribution is 9.10. The summed E-state index contributed by atoms with van der Waals surface area (Å²) in [6.07, 6.45) is 2.49. The monoisotopic (exact) mass is 311 g/mol. The van der Waals surface area contributed by atoms with E-state index in [1.807, 2.05) is 30.1 Å². The summed E-state index contributed by atoms with van der Waals surface area (Å²) in [5, 5.41) is 2.95. The quantitative estimate of drug-likeness (QED) is 0.818. The van der Waals surface area contributed by atoms with Gasteiger partial charge in [-0.1, -0.05) is 15.9 Å². The van der Waals surface area contributed by atoms with Crippen molar-refractivity contribution in [3.63, 3.8) is 0 Å². The van der Waals surface area contributed by atoms with Crippen LogP contribution in [0.2, 0.25) is 0 Å². The highest BCUT2D eigenvalue weighted by Crippen LogP contribution is 2.28. The lowest BCUT2D eigenvalue weighted by atomic mass is 10.2. The molecule has 1 amide bonds. The van der Waals surface area contributed by atoms with Gasteiger partial charge >= 0.3 is 0 Å². The van der Waals surface area contributed by atoms with Gasteiger partial charge in [0.1, 0.15) is 0 Å². The van der Waals surface area contributed by atoms with Crippen LogP contribution in [0.15, 0.2) is 22.7 Å². The zero-order valence-corrected chi connectivity index (χ0v) is 12.0. The molecule has 1 aliphatic carbocycles. The molecule has 0 aliphatic heterocycles. The normalized spacial score (nSPS) is 14.3. The van der Waals surface area contributed by atoms with E-state index in [1.54, 1.807) is 0 Å². The predicted molar refractivity (Wildman–Crippen MR) is 77.6 cm³/mol. The molecule has 1 aromatic carbocycles. The van der Waals surface area contributed by atoms with Crippen molar-refractivity contribution in [2.45, 2.75) is 12.8 Å². The van der Waals surface area contributed by atoms with Gasteiger partial charge in [-0.25, -0.2) is 0 Å². The number of halogens is 1. The smallest absolute Gasteiger partial charge is 0.239 e. The summed E-state index contributed by atoms with van der Waals surface area (Å²) in [6, 6.07) is 5.67. The minimum Gasteiger partial charge on any atom is -0.397 e. The SMILES string of the molecule is CN(CC(=O)NCC1CC1)c1ccc(Br)cc1N. The minimum atomic E-state index is 0.0479. The van der Waals surface area contributed by atoms with Gasteiger partial charge in [-0.05, 0) is 37.0 Å². The summed E-state index contributed by atoms with van der Waals surface area (Å²) in [7, 11) is 1.87. The number of carbonyl (C=O) groups excluding carboxylic acids is 1. The van der Waals surface area contributed by atoms with Crippen molar-refractivity contribution in [2.75, 3.05) is 30.8 Å². The molecule has 0 unspecified atom stereocenters. The molecule has 0 aromatic heterocycles. The van der Waals surface area contributed by atoms with E-state index >= 15 is 0 Å². The topological polar surface area (TPSA) is 58.4 Å². The first-order valence-electron chi connectivity index (χ1n) is 6.09. The van der Waals surface area contributed by atoms with Crippen molar-refractivity contribution < 1.29 is 4.79 Å². The first-order chi connectivity index (χ1) is 8.56. The van der Waals surface area contributed by atoms with Crippen LogP contribution in [0.4, 0.5) is 11.4 Å². The van der Waals surface area contributed by atoms with Crippen LogP contribution in [0.1, 0.15) is 12.8 Å². The largest absolute Gasteiger partial charge is 0.397 e. The lowest BCUT2D eigenvalue weighted by Gasteiger charge is -2.20. The Kier molecular flexibility index (Phi) is 4.11. The van der Waals surface area contributed by atoms with Gasteiger partial charge in [0.25, 0.3) is 0 Å². The third-order valence-electron chi connectivity index (χ3n) is 3.07. The molecule has 1 aromatic rings. The Balaban J connectivity index is 1.89. The fraction of sp³-hybridized carbons (Fsp3) is 0.462. The van der Waals surface area contributed by atoms with Crippen molar-refractivity contribution in [1.29, 1.82) is 0 Å². The van der Waals surface area contributed by atoms with Crippen LogP contribution < -0.4 is 16.0 Å². The van der Waals surface area contributed by atoms with E-state index in [0.717, 1.165) is 16.7 Å². The molecule has 4 nitrogen and oxygen atoms in total. The van der Waals surface area contributed by atoms with E-state index in [9.17, 15) is 4.79 Å². The zero-order valence-electron chi connectivity index (χ0n) is 10.4. The number of amides is 1. The van der Waals surface area contributed by atoms with Crippen LogP contribution in [0.5, 0.6) is 0 Å². The van der Waals surface area contributed by atoms with Crippen molar-refractivity contribution in [3.8, 4) is 0 Å². The Morgan fingerprint density at radius 3 is 2.89 bits per heavy atom. The standard InChI is InChI=1S/C13H18BrN3O/c1-17(8-13(18)16-7-9-2-3-9)12-5-4-10(14)6-11(12)15/h4-6,9H,2-3,7-8,15H2,1H3,(H,16,18). The van der Waals surface area contributed by atoms with Crippen LogP contribution >= 0.6 is 15.9 Å². The molecular weight excluding hydrogens is 294 g/mol. The molecule has 1 fully saturated rings. The molecule has 5 heteroatoms. The Morgan fingerprint density at radius 2 is 2.28 bits per heavy atom. The fourth-order valence-electron chi connectivity index (χ4n) is 1.81. The summed E-state index contributed by atoms with van der Waals surface area (Å²) in [5.74, 6) is 0.753. The average Bonchev–Trinajstić information content (AvgIpc) is 3.09. The van der Waals surface area contributed by atoms with Crippen molar-refractivity contribution in [3.05, 3.63) is 22.7 Å². The van der Waals surface area contributed by atoms with Gasteiger partial charge in [0.2, 0.25) is 5.91 Å². The number of nitrogens with two attached hydrogens (primary N) is 1. The van der Waals surface area contributed by atoms with Gasteiger partial charge in [0.05, 0.1) is 17.9 Å². The molecule has 1 aliphatic rings. The number of likely N-dealkylation sites (N-methyl/N-ethyl adjacent to an activating group) is 1. The summed E-state index contributed by atoms with van der Waals surface area (Å²) in [4.78, 5) is 13.6. The Hall–Kier alpha value is -1.23. The summed E-state index contributed by atoms with van der Waals surface area (Å²) >= 11 is 3.37. The lowest BCUT2D eigenvalue weighted by Crippen LogP contribution is -2.36. The third-order valence-corrected chi connectivity index (χ3v) is 3.56. The number of nitrogen functional groups attached to an aromatic ring is 1. The molecule has 0 atom stereocenters. The molecule has 18 heavy (non-hydrogen) atoms. The van der Waals surface area contributed by atoms with Crippen molar-refractivity contribution >= 4 is 33.2 Å². The first-order valence-corrected chi connectivity index (χ1v) is 6.88. The molecule has 0 bridgehead atoms. The fourth-order valence-corrected chi connectivity index (χ4v) is 2.19. The number of anilines is 2. The van der Waals surface area contributed by atoms with Crippen molar-refractivity contribution in [1.82, 2.24) is 5.32 Å². The lowest BCUT2D eigenvalue weighted by molar-refractivity contribution is -0.119. The molecule has 0 saturated heterocycles. The van der Waals surface area contributed by atoms with Crippen LogP contribution in [0.25, 0.3) is 0 Å². The van der Waals surface area contributed by atoms with Gasteiger partial charge < -0.3 is 16.0 Å². The second-order valence-electron chi connectivity index (χ2n) is 4.81. The van der Waals surface area contributed by atoms with Crippen LogP contribution in [0.3, 0.4) is 0 Å².